The highest BCUT2D eigenvalue weighted by Crippen LogP contribution is 2.41. The minimum absolute atomic E-state index is 0.159. The summed E-state index contributed by atoms with van der Waals surface area (Å²) in [6.45, 7) is 5.13. The number of benzene rings is 2. The Balaban J connectivity index is 1.61. The molecule has 1 saturated carbocycles. The third-order valence-corrected chi connectivity index (χ3v) is 6.85. The first kappa shape index (κ1) is 19.9. The van der Waals surface area contributed by atoms with Crippen LogP contribution < -0.4 is 5.32 Å². The van der Waals surface area contributed by atoms with Crippen LogP contribution in [0.2, 0.25) is 5.02 Å². The lowest BCUT2D eigenvalue weighted by Crippen LogP contribution is -2.49. The maximum atomic E-state index is 11.6. The van der Waals surface area contributed by atoms with Gasteiger partial charge in [0.25, 0.3) is 0 Å². The monoisotopic (exact) mass is 398 g/mol. The molecule has 150 valence electrons. The van der Waals surface area contributed by atoms with Crippen molar-refractivity contribution in [1.82, 2.24) is 10.2 Å². The van der Waals surface area contributed by atoms with E-state index in [2.05, 4.69) is 40.5 Å². The molecule has 0 bridgehead atoms. The van der Waals surface area contributed by atoms with E-state index in [1.807, 2.05) is 18.2 Å². The number of hydrogen-bond donors (Lipinski definition) is 2. The molecule has 0 aromatic heterocycles. The van der Waals surface area contributed by atoms with E-state index in [0.717, 1.165) is 74.6 Å². The van der Waals surface area contributed by atoms with Gasteiger partial charge >= 0.3 is 0 Å². The van der Waals surface area contributed by atoms with Crippen molar-refractivity contribution in [3.8, 4) is 11.1 Å². The van der Waals surface area contributed by atoms with Gasteiger partial charge in [-0.1, -0.05) is 73.3 Å². The molecule has 4 heteroatoms. The van der Waals surface area contributed by atoms with E-state index in [9.17, 15) is 5.11 Å². The van der Waals surface area contributed by atoms with Gasteiger partial charge in [0.1, 0.15) is 0 Å². The Labute approximate surface area is 173 Å². The maximum Gasteiger partial charge on any atom is 0.0728 e. The lowest BCUT2D eigenvalue weighted by Gasteiger charge is -2.42. The van der Waals surface area contributed by atoms with Gasteiger partial charge in [0, 0.05) is 49.2 Å². The standard InChI is InChI=1S/C24H31ClN2O/c25-23-7-3-2-6-21(23)19-8-10-20(11-9-19)22(18-27-16-14-26-15-17-27)24(28)12-4-1-5-13-24/h2-3,6-11,22,26,28H,1,4-5,12-18H2. The van der Waals surface area contributed by atoms with Crippen molar-refractivity contribution in [2.75, 3.05) is 32.7 Å². The van der Waals surface area contributed by atoms with Crippen LogP contribution in [0.3, 0.4) is 0 Å². The van der Waals surface area contributed by atoms with Crippen LogP contribution in [-0.4, -0.2) is 48.3 Å². The van der Waals surface area contributed by atoms with Gasteiger partial charge < -0.3 is 15.3 Å². The Kier molecular flexibility index (Phi) is 6.37. The first-order chi connectivity index (χ1) is 13.7. The second kappa shape index (κ2) is 8.96. The second-order valence-electron chi connectivity index (χ2n) is 8.37. The Morgan fingerprint density at radius 1 is 0.964 bits per heavy atom. The highest BCUT2D eigenvalue weighted by molar-refractivity contribution is 6.33. The number of piperazine rings is 1. The molecule has 1 atom stereocenters. The summed E-state index contributed by atoms with van der Waals surface area (Å²) in [7, 11) is 0. The van der Waals surface area contributed by atoms with Crippen LogP contribution in [0.15, 0.2) is 48.5 Å². The van der Waals surface area contributed by atoms with Crippen LogP contribution in [0.5, 0.6) is 0 Å². The minimum atomic E-state index is -0.588. The summed E-state index contributed by atoms with van der Waals surface area (Å²) in [6, 6.07) is 16.7. The molecule has 3 nitrogen and oxygen atoms in total. The van der Waals surface area contributed by atoms with Crippen LogP contribution in [0.4, 0.5) is 0 Å². The number of nitrogens with one attached hydrogen (secondary N) is 1. The van der Waals surface area contributed by atoms with Gasteiger partial charge in [-0.25, -0.2) is 0 Å². The third kappa shape index (κ3) is 4.44. The lowest BCUT2D eigenvalue weighted by atomic mass is 9.72. The predicted octanol–water partition coefficient (Wildman–Crippen LogP) is 4.69. The molecule has 1 heterocycles. The molecule has 0 amide bonds. The molecule has 2 N–H and O–H groups in total. The van der Waals surface area contributed by atoms with E-state index < -0.39 is 5.60 Å². The number of hydrogen-bond acceptors (Lipinski definition) is 3. The van der Waals surface area contributed by atoms with Crippen molar-refractivity contribution >= 4 is 11.6 Å². The Hall–Kier alpha value is -1.39. The molecule has 2 aliphatic rings. The van der Waals surface area contributed by atoms with Gasteiger partial charge in [-0.2, -0.15) is 0 Å². The molecule has 2 aromatic rings. The molecule has 2 fully saturated rings. The van der Waals surface area contributed by atoms with Gasteiger partial charge in [0.2, 0.25) is 0 Å². The van der Waals surface area contributed by atoms with E-state index >= 15 is 0 Å². The molecule has 2 aromatic carbocycles. The summed E-state index contributed by atoms with van der Waals surface area (Å²) in [5, 5.41) is 15.8. The van der Waals surface area contributed by atoms with Crippen molar-refractivity contribution in [1.29, 1.82) is 0 Å². The normalized spacial score (nSPS) is 21.4. The summed E-state index contributed by atoms with van der Waals surface area (Å²) >= 11 is 6.38. The highest BCUT2D eigenvalue weighted by Gasteiger charge is 2.39. The smallest absolute Gasteiger partial charge is 0.0728 e. The molecule has 1 saturated heterocycles. The summed E-state index contributed by atoms with van der Waals surface area (Å²) in [5.74, 6) is 0.159. The Morgan fingerprint density at radius 2 is 1.64 bits per heavy atom. The van der Waals surface area contributed by atoms with Crippen LogP contribution in [0.25, 0.3) is 11.1 Å². The van der Waals surface area contributed by atoms with E-state index in [1.54, 1.807) is 0 Å². The summed E-state index contributed by atoms with van der Waals surface area (Å²) in [6.07, 6.45) is 5.33. The molecule has 0 spiro atoms. The third-order valence-electron chi connectivity index (χ3n) is 6.52. The van der Waals surface area contributed by atoms with E-state index in [4.69, 9.17) is 11.6 Å². The van der Waals surface area contributed by atoms with Crippen molar-refractivity contribution in [2.24, 2.45) is 0 Å². The fraction of sp³-hybridized carbons (Fsp3) is 0.500. The summed E-state index contributed by atoms with van der Waals surface area (Å²) in [5.41, 5.74) is 2.85. The van der Waals surface area contributed by atoms with E-state index in [0.29, 0.717) is 0 Å². The topological polar surface area (TPSA) is 35.5 Å². The van der Waals surface area contributed by atoms with Gasteiger partial charge in [-0.15, -0.1) is 0 Å². The van der Waals surface area contributed by atoms with Crippen molar-refractivity contribution < 1.29 is 5.11 Å². The number of nitrogens with zero attached hydrogens (tertiary/aromatic N) is 1. The molecule has 28 heavy (non-hydrogen) atoms. The van der Waals surface area contributed by atoms with Gasteiger partial charge in [0.05, 0.1) is 5.60 Å². The fourth-order valence-electron chi connectivity index (χ4n) is 4.84. The fourth-order valence-corrected chi connectivity index (χ4v) is 5.09. The lowest BCUT2D eigenvalue weighted by molar-refractivity contribution is -0.0316. The first-order valence-electron chi connectivity index (χ1n) is 10.7. The predicted molar refractivity (Wildman–Crippen MR) is 117 cm³/mol. The van der Waals surface area contributed by atoms with Crippen LogP contribution in [-0.2, 0) is 0 Å². The largest absolute Gasteiger partial charge is 0.389 e. The van der Waals surface area contributed by atoms with Gasteiger partial charge in [-0.05, 0) is 30.0 Å². The molecular formula is C24H31ClN2O. The zero-order valence-corrected chi connectivity index (χ0v) is 17.3. The molecule has 1 unspecified atom stereocenters. The Morgan fingerprint density at radius 3 is 2.32 bits per heavy atom. The van der Waals surface area contributed by atoms with Crippen molar-refractivity contribution in [2.45, 2.75) is 43.6 Å². The maximum absolute atomic E-state index is 11.6. The zero-order chi connectivity index (χ0) is 19.4. The van der Waals surface area contributed by atoms with Crippen LogP contribution >= 0.6 is 11.6 Å². The highest BCUT2D eigenvalue weighted by atomic mass is 35.5. The molecule has 1 aliphatic carbocycles. The zero-order valence-electron chi connectivity index (χ0n) is 16.5. The molecule has 4 rings (SSSR count). The summed E-state index contributed by atoms with van der Waals surface area (Å²) < 4.78 is 0. The van der Waals surface area contributed by atoms with E-state index in [-0.39, 0.29) is 5.92 Å². The van der Waals surface area contributed by atoms with Crippen molar-refractivity contribution in [3.05, 3.63) is 59.1 Å². The average Bonchev–Trinajstić information content (AvgIpc) is 2.74. The Bertz CT molecular complexity index is 764. The quantitative estimate of drug-likeness (QED) is 0.766. The van der Waals surface area contributed by atoms with Gasteiger partial charge in [-0.3, -0.25) is 0 Å². The number of halogens is 1. The van der Waals surface area contributed by atoms with Crippen LogP contribution in [0.1, 0.15) is 43.6 Å². The summed E-state index contributed by atoms with van der Waals surface area (Å²) in [4.78, 5) is 2.51. The van der Waals surface area contributed by atoms with Crippen LogP contribution in [0, 0.1) is 0 Å². The SMILES string of the molecule is OC1(C(CN2CCNCC2)c2ccc(-c3ccccc3Cl)cc2)CCCCC1. The number of rotatable bonds is 5. The molecular weight excluding hydrogens is 368 g/mol. The van der Waals surface area contributed by atoms with Gasteiger partial charge in [0.15, 0.2) is 0 Å². The average molecular weight is 399 g/mol. The second-order valence-corrected chi connectivity index (χ2v) is 8.78. The number of aliphatic hydroxyl groups is 1. The van der Waals surface area contributed by atoms with Crippen molar-refractivity contribution in [3.63, 3.8) is 0 Å². The van der Waals surface area contributed by atoms with E-state index in [1.165, 1.54) is 12.0 Å². The molecule has 0 radical (unpaired) electrons. The minimum Gasteiger partial charge on any atom is -0.389 e. The molecule has 1 aliphatic heterocycles. The first-order valence-corrected chi connectivity index (χ1v) is 11.0.